The number of amides is 2. The Kier molecular flexibility index (Phi) is 7.53. The van der Waals surface area contributed by atoms with Crippen LogP contribution in [0.2, 0.25) is 0 Å². The summed E-state index contributed by atoms with van der Waals surface area (Å²) < 4.78 is 0. The average molecular weight is 482 g/mol. The van der Waals surface area contributed by atoms with Crippen molar-refractivity contribution in [3.8, 4) is 0 Å². The molecule has 35 heavy (non-hydrogen) atoms. The molecule has 4 rings (SSSR count). The quantitative estimate of drug-likeness (QED) is 0.316. The number of carbonyl (C=O) groups is 2. The molecule has 3 aromatic carbocycles. The molecule has 0 saturated carbocycles. The first kappa shape index (κ1) is 24.1. The highest BCUT2D eigenvalue weighted by Crippen LogP contribution is 2.31. The minimum atomic E-state index is -0.377. The fourth-order valence-electron chi connectivity index (χ4n) is 3.93. The number of thiazole rings is 1. The van der Waals surface area contributed by atoms with Crippen molar-refractivity contribution in [2.45, 2.75) is 19.3 Å². The molecule has 0 aliphatic heterocycles. The third kappa shape index (κ3) is 5.73. The van der Waals surface area contributed by atoms with Crippen molar-refractivity contribution in [1.29, 1.82) is 0 Å². The van der Waals surface area contributed by atoms with Crippen LogP contribution in [0.15, 0.2) is 102 Å². The number of anilines is 2. The molecule has 0 radical (unpaired) electrons. The van der Waals surface area contributed by atoms with Gasteiger partial charge < -0.3 is 5.32 Å². The maximum atomic E-state index is 12.7. The van der Waals surface area contributed by atoms with Gasteiger partial charge in [0.25, 0.3) is 0 Å². The third-order valence-corrected chi connectivity index (χ3v) is 6.72. The summed E-state index contributed by atoms with van der Waals surface area (Å²) in [6.07, 6.45) is 3.15. The van der Waals surface area contributed by atoms with Crippen LogP contribution in [-0.4, -0.2) is 23.3 Å². The van der Waals surface area contributed by atoms with Crippen molar-refractivity contribution in [3.05, 3.63) is 119 Å². The molecule has 0 saturated heterocycles. The highest BCUT2D eigenvalue weighted by Gasteiger charge is 2.29. The molecule has 6 heteroatoms. The van der Waals surface area contributed by atoms with E-state index >= 15 is 0 Å². The Balaban J connectivity index is 1.47. The summed E-state index contributed by atoms with van der Waals surface area (Å²) in [5.41, 5.74) is 3.26. The molecule has 5 nitrogen and oxygen atoms in total. The van der Waals surface area contributed by atoms with Crippen molar-refractivity contribution in [2.75, 3.05) is 11.4 Å². The Morgan fingerprint density at radius 1 is 0.914 bits per heavy atom. The van der Waals surface area contributed by atoms with E-state index in [4.69, 9.17) is 0 Å². The molecule has 1 N–H and O–H groups in total. The van der Waals surface area contributed by atoms with Gasteiger partial charge in [-0.05, 0) is 36.3 Å². The van der Waals surface area contributed by atoms with E-state index < -0.39 is 0 Å². The van der Waals surface area contributed by atoms with Gasteiger partial charge in [-0.3, -0.25) is 14.5 Å². The number of hydrogen-bond donors (Lipinski definition) is 1. The fraction of sp³-hybridized carbons (Fsp3) is 0.138. The molecule has 0 fully saturated rings. The lowest BCUT2D eigenvalue weighted by atomic mass is 9.76. The number of aromatic nitrogens is 1. The minimum absolute atomic E-state index is 0.125. The van der Waals surface area contributed by atoms with Crippen molar-refractivity contribution >= 4 is 40.0 Å². The lowest BCUT2D eigenvalue weighted by Gasteiger charge is -2.31. The van der Waals surface area contributed by atoms with Crippen molar-refractivity contribution in [2.24, 2.45) is 0 Å². The van der Waals surface area contributed by atoms with E-state index in [0.29, 0.717) is 17.4 Å². The SMILES string of the molecule is CC(=O)N(c1ccccc1)c1nc(/C=C/C(=O)NCC(C)(c2ccccc2)c2ccccc2)cs1. The summed E-state index contributed by atoms with van der Waals surface area (Å²) >= 11 is 1.36. The molecule has 176 valence electrons. The largest absolute Gasteiger partial charge is 0.351 e. The van der Waals surface area contributed by atoms with Gasteiger partial charge in [0.15, 0.2) is 5.13 Å². The Bertz CT molecular complexity index is 1260. The van der Waals surface area contributed by atoms with Gasteiger partial charge in [-0.25, -0.2) is 4.98 Å². The smallest absolute Gasteiger partial charge is 0.244 e. The van der Waals surface area contributed by atoms with Gasteiger partial charge in [-0.1, -0.05) is 78.9 Å². The highest BCUT2D eigenvalue weighted by atomic mass is 32.1. The Morgan fingerprint density at radius 2 is 1.46 bits per heavy atom. The zero-order valence-corrected chi connectivity index (χ0v) is 20.5. The molecule has 0 aliphatic rings. The van der Waals surface area contributed by atoms with E-state index in [1.54, 1.807) is 11.0 Å². The molecule has 0 bridgehead atoms. The predicted octanol–water partition coefficient (Wildman–Crippen LogP) is 5.96. The summed E-state index contributed by atoms with van der Waals surface area (Å²) in [6.45, 7) is 4.08. The number of rotatable bonds is 8. The fourth-order valence-corrected chi connectivity index (χ4v) is 4.78. The van der Waals surface area contributed by atoms with Gasteiger partial charge in [0.2, 0.25) is 11.8 Å². The zero-order valence-electron chi connectivity index (χ0n) is 19.7. The standard InChI is InChI=1S/C29H27N3O2S/c1-22(33)32(26-16-10-5-11-17-26)28-31-25(20-35-28)18-19-27(34)30-21-29(2,23-12-6-3-7-13-23)24-14-8-4-9-15-24/h3-20H,21H2,1-2H3,(H,30,34)/b19-18+. The van der Waals surface area contributed by atoms with Gasteiger partial charge >= 0.3 is 0 Å². The summed E-state index contributed by atoms with van der Waals surface area (Å²) in [6, 6.07) is 29.7. The molecule has 4 aromatic rings. The minimum Gasteiger partial charge on any atom is -0.351 e. The summed E-state index contributed by atoms with van der Waals surface area (Å²) in [4.78, 5) is 31.1. The molecule has 1 aromatic heterocycles. The van der Waals surface area contributed by atoms with E-state index in [1.165, 1.54) is 24.3 Å². The maximum Gasteiger partial charge on any atom is 0.244 e. The van der Waals surface area contributed by atoms with Crippen LogP contribution in [0.5, 0.6) is 0 Å². The van der Waals surface area contributed by atoms with Crippen LogP contribution in [0.25, 0.3) is 6.08 Å². The molecule has 2 amide bonds. The molecule has 0 aliphatic carbocycles. The molecule has 0 atom stereocenters. The van der Waals surface area contributed by atoms with Crippen LogP contribution in [0.3, 0.4) is 0 Å². The van der Waals surface area contributed by atoms with Crippen LogP contribution in [0, 0.1) is 0 Å². The summed E-state index contributed by atoms with van der Waals surface area (Å²) in [7, 11) is 0. The van der Waals surface area contributed by atoms with Crippen molar-refractivity contribution in [1.82, 2.24) is 10.3 Å². The van der Waals surface area contributed by atoms with E-state index in [9.17, 15) is 9.59 Å². The van der Waals surface area contributed by atoms with E-state index in [-0.39, 0.29) is 17.2 Å². The van der Waals surface area contributed by atoms with Crippen LogP contribution in [0.4, 0.5) is 10.8 Å². The van der Waals surface area contributed by atoms with Gasteiger partial charge in [0.1, 0.15) is 0 Å². The van der Waals surface area contributed by atoms with Crippen LogP contribution in [-0.2, 0) is 15.0 Å². The lowest BCUT2D eigenvalue weighted by Crippen LogP contribution is -2.39. The molecule has 0 unspecified atom stereocenters. The van der Waals surface area contributed by atoms with Crippen LogP contribution >= 0.6 is 11.3 Å². The summed E-state index contributed by atoms with van der Waals surface area (Å²) in [5, 5.41) is 5.44. The molecular weight excluding hydrogens is 454 g/mol. The van der Waals surface area contributed by atoms with Gasteiger partial charge in [0.05, 0.1) is 11.4 Å². The number of nitrogens with zero attached hydrogens (tertiary/aromatic N) is 2. The lowest BCUT2D eigenvalue weighted by molar-refractivity contribution is -0.117. The van der Waals surface area contributed by atoms with Crippen LogP contribution < -0.4 is 10.2 Å². The first-order valence-electron chi connectivity index (χ1n) is 11.4. The molecule has 0 spiro atoms. The predicted molar refractivity (Wildman–Crippen MR) is 143 cm³/mol. The van der Waals surface area contributed by atoms with E-state index in [0.717, 1.165) is 16.8 Å². The molecular formula is C29H27N3O2S. The number of hydrogen-bond acceptors (Lipinski definition) is 4. The second-order valence-corrected chi connectivity index (χ2v) is 9.20. The highest BCUT2D eigenvalue weighted by molar-refractivity contribution is 7.14. The van der Waals surface area contributed by atoms with Gasteiger partial charge in [-0.2, -0.15) is 0 Å². The number of para-hydroxylation sites is 1. The van der Waals surface area contributed by atoms with Crippen molar-refractivity contribution < 1.29 is 9.59 Å². The maximum absolute atomic E-state index is 12.7. The first-order valence-corrected chi connectivity index (χ1v) is 12.2. The first-order chi connectivity index (χ1) is 17.0. The number of carbonyl (C=O) groups excluding carboxylic acids is 2. The van der Waals surface area contributed by atoms with Crippen molar-refractivity contribution in [3.63, 3.8) is 0 Å². The zero-order chi connectivity index (χ0) is 24.7. The second-order valence-electron chi connectivity index (χ2n) is 8.36. The van der Waals surface area contributed by atoms with E-state index in [1.807, 2.05) is 72.1 Å². The van der Waals surface area contributed by atoms with Gasteiger partial charge in [0, 0.05) is 30.3 Å². The van der Waals surface area contributed by atoms with E-state index in [2.05, 4.69) is 41.5 Å². The monoisotopic (exact) mass is 481 g/mol. The Hall–Kier alpha value is -4.03. The molecule has 1 heterocycles. The van der Waals surface area contributed by atoms with Gasteiger partial charge in [-0.15, -0.1) is 11.3 Å². The number of benzene rings is 3. The Labute approximate surface area is 209 Å². The van der Waals surface area contributed by atoms with Crippen LogP contribution in [0.1, 0.15) is 30.7 Å². The average Bonchev–Trinajstić information content (AvgIpc) is 3.36. The summed E-state index contributed by atoms with van der Waals surface area (Å²) in [5.74, 6) is -0.330. The second kappa shape index (κ2) is 10.9. The number of nitrogens with one attached hydrogen (secondary N) is 1. The normalized spacial score (nSPS) is 11.4. The third-order valence-electron chi connectivity index (χ3n) is 5.87. The topological polar surface area (TPSA) is 62.3 Å². The Morgan fingerprint density at radius 3 is 2.00 bits per heavy atom.